The van der Waals surface area contributed by atoms with Crippen molar-refractivity contribution in [3.8, 4) is 0 Å². The fourth-order valence-electron chi connectivity index (χ4n) is 1.98. The van der Waals surface area contributed by atoms with Crippen LogP contribution in [0.5, 0.6) is 0 Å². The summed E-state index contributed by atoms with van der Waals surface area (Å²) in [6, 6.07) is 6.69. The molecule has 0 radical (unpaired) electrons. The highest BCUT2D eigenvalue weighted by Crippen LogP contribution is 2.22. The molecule has 0 bridgehead atoms. The zero-order valence-electron chi connectivity index (χ0n) is 10.6. The predicted molar refractivity (Wildman–Crippen MR) is 67.9 cm³/mol. The predicted octanol–water partition coefficient (Wildman–Crippen LogP) is 2.27. The second-order valence-corrected chi connectivity index (χ2v) is 6.26. The fraction of sp³-hybridized carbons (Fsp3) is 0.538. The molecule has 4 nitrogen and oxygen atoms in total. The molecule has 1 aromatic carbocycles. The molecular weight excluding hydrogens is 252 g/mol. The maximum Gasteiger partial charge on any atom is 0.297 e. The molecule has 0 aromatic heterocycles. The first kappa shape index (κ1) is 13.5. The largest absolute Gasteiger partial charge is 0.378 e. The molecule has 1 aromatic rings. The Balaban J connectivity index is 2.09. The number of benzene rings is 1. The third-order valence-corrected chi connectivity index (χ3v) is 4.38. The average molecular weight is 270 g/mol. The quantitative estimate of drug-likeness (QED) is 0.791. The van der Waals surface area contributed by atoms with Crippen LogP contribution in [-0.4, -0.2) is 27.2 Å². The summed E-state index contributed by atoms with van der Waals surface area (Å²) >= 11 is 0. The van der Waals surface area contributed by atoms with Gasteiger partial charge in [-0.05, 0) is 32.4 Å². The molecule has 1 saturated heterocycles. The van der Waals surface area contributed by atoms with Crippen LogP contribution in [0.15, 0.2) is 29.2 Å². The first-order valence-corrected chi connectivity index (χ1v) is 7.50. The molecule has 0 amide bonds. The van der Waals surface area contributed by atoms with Crippen LogP contribution in [0, 0.1) is 6.92 Å². The van der Waals surface area contributed by atoms with Gasteiger partial charge >= 0.3 is 0 Å². The lowest BCUT2D eigenvalue weighted by atomic mass is 10.1. The molecule has 1 heterocycles. The van der Waals surface area contributed by atoms with E-state index in [1.54, 1.807) is 24.3 Å². The van der Waals surface area contributed by atoms with E-state index in [0.29, 0.717) is 19.4 Å². The van der Waals surface area contributed by atoms with Gasteiger partial charge in [0.15, 0.2) is 0 Å². The molecule has 1 unspecified atom stereocenters. The van der Waals surface area contributed by atoms with E-state index in [2.05, 4.69) is 0 Å². The Bertz CT molecular complexity index is 492. The van der Waals surface area contributed by atoms with E-state index in [9.17, 15) is 8.42 Å². The summed E-state index contributed by atoms with van der Waals surface area (Å²) in [4.78, 5) is 0.215. The zero-order chi connectivity index (χ0) is 13.2. The van der Waals surface area contributed by atoms with E-state index in [4.69, 9.17) is 8.92 Å². The summed E-state index contributed by atoms with van der Waals surface area (Å²) < 4.78 is 34.7. The van der Waals surface area contributed by atoms with Crippen LogP contribution in [0.2, 0.25) is 0 Å². The summed E-state index contributed by atoms with van der Waals surface area (Å²) in [7, 11) is -3.66. The van der Waals surface area contributed by atoms with Gasteiger partial charge in [-0.25, -0.2) is 0 Å². The van der Waals surface area contributed by atoms with Gasteiger partial charge in [-0.1, -0.05) is 17.7 Å². The minimum absolute atomic E-state index is 0.0527. The topological polar surface area (TPSA) is 52.6 Å². The molecule has 5 heteroatoms. The molecule has 0 saturated carbocycles. The van der Waals surface area contributed by atoms with Crippen LogP contribution >= 0.6 is 0 Å². The van der Waals surface area contributed by atoms with Crippen molar-refractivity contribution in [1.29, 1.82) is 0 Å². The molecule has 2 atom stereocenters. The molecular formula is C13H18O4S. The van der Waals surface area contributed by atoms with E-state index < -0.39 is 10.1 Å². The highest BCUT2D eigenvalue weighted by molar-refractivity contribution is 7.86. The number of aryl methyl sites for hydroxylation is 1. The Labute approximate surface area is 108 Å². The lowest BCUT2D eigenvalue weighted by Gasteiger charge is -2.26. The lowest BCUT2D eigenvalue weighted by Crippen LogP contribution is -2.30. The summed E-state index contributed by atoms with van der Waals surface area (Å²) in [5, 5.41) is 0. The minimum atomic E-state index is -3.66. The minimum Gasteiger partial charge on any atom is -0.378 e. The van der Waals surface area contributed by atoms with Crippen molar-refractivity contribution < 1.29 is 17.3 Å². The van der Waals surface area contributed by atoms with Gasteiger partial charge < -0.3 is 4.74 Å². The number of hydrogen-bond acceptors (Lipinski definition) is 4. The summed E-state index contributed by atoms with van der Waals surface area (Å²) in [6.07, 6.45) is 1.01. The first-order valence-electron chi connectivity index (χ1n) is 6.09. The average Bonchev–Trinajstić information content (AvgIpc) is 2.29. The van der Waals surface area contributed by atoms with Crippen molar-refractivity contribution in [3.05, 3.63) is 29.8 Å². The zero-order valence-corrected chi connectivity index (χ0v) is 11.4. The fourth-order valence-corrected chi connectivity index (χ4v) is 3.10. The standard InChI is InChI=1S/C13H18O4S/c1-10-3-5-13(6-4-10)18(14,15)17-12-7-8-16-11(2)9-12/h3-6,11-12H,7-9H2,1-2H3/t11-,12?/m1/s1. The van der Waals surface area contributed by atoms with Crippen LogP contribution < -0.4 is 0 Å². The molecule has 0 N–H and O–H groups in total. The van der Waals surface area contributed by atoms with Gasteiger partial charge in [0.1, 0.15) is 0 Å². The second-order valence-electron chi connectivity index (χ2n) is 4.69. The van der Waals surface area contributed by atoms with Gasteiger partial charge in [-0.2, -0.15) is 8.42 Å². The normalized spacial score (nSPS) is 25.0. The van der Waals surface area contributed by atoms with Crippen LogP contribution in [0.3, 0.4) is 0 Å². The number of hydrogen-bond donors (Lipinski definition) is 0. The number of ether oxygens (including phenoxy) is 1. The Kier molecular flexibility index (Phi) is 4.04. The van der Waals surface area contributed by atoms with Gasteiger partial charge in [0.25, 0.3) is 10.1 Å². The highest BCUT2D eigenvalue weighted by Gasteiger charge is 2.26. The van der Waals surface area contributed by atoms with Gasteiger partial charge in [-0.3, -0.25) is 4.18 Å². The molecule has 1 aliphatic heterocycles. The van der Waals surface area contributed by atoms with Crippen molar-refractivity contribution in [2.24, 2.45) is 0 Å². The van der Waals surface area contributed by atoms with E-state index in [1.165, 1.54) is 0 Å². The van der Waals surface area contributed by atoms with E-state index in [-0.39, 0.29) is 17.1 Å². The molecule has 100 valence electrons. The van der Waals surface area contributed by atoms with E-state index in [1.807, 2.05) is 13.8 Å². The summed E-state index contributed by atoms with van der Waals surface area (Å²) in [6.45, 7) is 4.39. The molecule has 18 heavy (non-hydrogen) atoms. The van der Waals surface area contributed by atoms with Crippen LogP contribution in [0.4, 0.5) is 0 Å². The summed E-state index contributed by atoms with van der Waals surface area (Å²) in [5.74, 6) is 0. The first-order chi connectivity index (χ1) is 8.47. The molecule has 0 spiro atoms. The SMILES string of the molecule is Cc1ccc(S(=O)(=O)OC2CCO[C@H](C)C2)cc1. The molecule has 0 aliphatic carbocycles. The Morgan fingerprint density at radius 3 is 2.56 bits per heavy atom. The lowest BCUT2D eigenvalue weighted by molar-refractivity contribution is -0.0231. The monoisotopic (exact) mass is 270 g/mol. The molecule has 1 fully saturated rings. The van der Waals surface area contributed by atoms with Gasteiger partial charge in [-0.15, -0.1) is 0 Å². The Morgan fingerprint density at radius 1 is 1.28 bits per heavy atom. The Hall–Kier alpha value is -0.910. The molecule has 2 rings (SSSR count). The van der Waals surface area contributed by atoms with Crippen molar-refractivity contribution >= 4 is 10.1 Å². The second kappa shape index (κ2) is 5.38. The third-order valence-electron chi connectivity index (χ3n) is 3.01. The maximum absolute atomic E-state index is 12.1. The van der Waals surface area contributed by atoms with Crippen molar-refractivity contribution in [1.82, 2.24) is 0 Å². The smallest absolute Gasteiger partial charge is 0.297 e. The highest BCUT2D eigenvalue weighted by atomic mass is 32.2. The van der Waals surface area contributed by atoms with Crippen LogP contribution in [0.25, 0.3) is 0 Å². The van der Waals surface area contributed by atoms with E-state index >= 15 is 0 Å². The van der Waals surface area contributed by atoms with Gasteiger partial charge in [0.05, 0.1) is 17.1 Å². The Morgan fingerprint density at radius 2 is 1.94 bits per heavy atom. The van der Waals surface area contributed by atoms with E-state index in [0.717, 1.165) is 5.56 Å². The van der Waals surface area contributed by atoms with Crippen LogP contribution in [-0.2, 0) is 19.0 Å². The van der Waals surface area contributed by atoms with Crippen molar-refractivity contribution in [2.45, 2.75) is 43.8 Å². The number of rotatable bonds is 3. The third kappa shape index (κ3) is 3.31. The maximum atomic E-state index is 12.1. The summed E-state index contributed by atoms with van der Waals surface area (Å²) in [5.41, 5.74) is 1.02. The van der Waals surface area contributed by atoms with Gasteiger partial charge in [0.2, 0.25) is 0 Å². The molecule has 1 aliphatic rings. The van der Waals surface area contributed by atoms with Gasteiger partial charge in [0, 0.05) is 13.0 Å². The van der Waals surface area contributed by atoms with Crippen LogP contribution in [0.1, 0.15) is 25.3 Å². The van der Waals surface area contributed by atoms with Crippen molar-refractivity contribution in [3.63, 3.8) is 0 Å². The van der Waals surface area contributed by atoms with Crippen molar-refractivity contribution in [2.75, 3.05) is 6.61 Å².